The van der Waals surface area contributed by atoms with Crippen LogP contribution in [0.25, 0.3) is 6.08 Å². The highest BCUT2D eigenvalue weighted by Crippen LogP contribution is 2.13. The summed E-state index contributed by atoms with van der Waals surface area (Å²) in [5.74, 6) is -0.229. The van der Waals surface area contributed by atoms with Crippen molar-refractivity contribution in [3.8, 4) is 0 Å². The molecular formula is C19H14N2O3. The van der Waals surface area contributed by atoms with E-state index in [1.54, 1.807) is 60.9 Å². The Morgan fingerprint density at radius 2 is 1.88 bits per heavy atom. The van der Waals surface area contributed by atoms with Crippen molar-refractivity contribution in [2.45, 2.75) is 0 Å². The number of carbonyl (C=O) groups is 2. The maximum absolute atomic E-state index is 12.1. The van der Waals surface area contributed by atoms with Gasteiger partial charge in [-0.25, -0.2) is 0 Å². The first-order valence-electron chi connectivity index (χ1n) is 7.30. The molecule has 1 N–H and O–H groups in total. The van der Waals surface area contributed by atoms with Crippen LogP contribution in [0.4, 0.5) is 5.69 Å². The maximum Gasteiger partial charge on any atom is 0.291 e. The molecule has 0 unspecified atom stereocenters. The molecule has 0 bridgehead atoms. The Labute approximate surface area is 138 Å². The second kappa shape index (κ2) is 7.19. The molecule has 3 rings (SSSR count). The van der Waals surface area contributed by atoms with Gasteiger partial charge in [0.15, 0.2) is 11.5 Å². The number of rotatable bonds is 5. The Hall–Kier alpha value is -3.47. The maximum atomic E-state index is 12.1. The Morgan fingerprint density at radius 3 is 2.54 bits per heavy atom. The third-order valence-electron chi connectivity index (χ3n) is 3.28. The van der Waals surface area contributed by atoms with Crippen LogP contribution in [0, 0.1) is 0 Å². The number of allylic oxidation sites excluding steroid dienone is 1. The zero-order valence-electron chi connectivity index (χ0n) is 12.7. The van der Waals surface area contributed by atoms with Crippen LogP contribution < -0.4 is 5.32 Å². The zero-order valence-corrected chi connectivity index (χ0v) is 12.7. The number of nitrogens with zero attached hydrogens (tertiary/aromatic N) is 1. The first-order valence-corrected chi connectivity index (χ1v) is 7.30. The number of pyridine rings is 1. The number of anilines is 1. The highest BCUT2D eigenvalue weighted by Gasteiger charge is 2.09. The van der Waals surface area contributed by atoms with E-state index < -0.39 is 0 Å². The van der Waals surface area contributed by atoms with Gasteiger partial charge in [0.05, 0.1) is 6.26 Å². The minimum absolute atomic E-state index is 0.122. The van der Waals surface area contributed by atoms with Crippen molar-refractivity contribution < 1.29 is 14.0 Å². The van der Waals surface area contributed by atoms with E-state index >= 15 is 0 Å². The number of furan rings is 1. The SMILES string of the molecule is O=C(/C=C/c1cccnc1)c1ccc(NC(=O)c2ccco2)cc1. The monoisotopic (exact) mass is 318 g/mol. The minimum atomic E-state index is -0.337. The molecule has 3 aromatic rings. The summed E-state index contributed by atoms with van der Waals surface area (Å²) in [7, 11) is 0. The summed E-state index contributed by atoms with van der Waals surface area (Å²) >= 11 is 0. The lowest BCUT2D eigenvalue weighted by atomic mass is 10.1. The highest BCUT2D eigenvalue weighted by molar-refractivity contribution is 6.07. The van der Waals surface area contributed by atoms with E-state index in [1.165, 1.54) is 12.3 Å². The fraction of sp³-hybridized carbons (Fsp3) is 0. The number of ketones is 1. The predicted molar refractivity (Wildman–Crippen MR) is 90.7 cm³/mol. The third kappa shape index (κ3) is 3.84. The van der Waals surface area contributed by atoms with Gasteiger partial charge in [-0.05, 0) is 60.2 Å². The molecule has 2 heterocycles. The molecule has 0 aliphatic heterocycles. The fourth-order valence-corrected chi connectivity index (χ4v) is 2.06. The molecular weight excluding hydrogens is 304 g/mol. The first kappa shape index (κ1) is 15.4. The molecule has 0 radical (unpaired) electrons. The molecule has 118 valence electrons. The van der Waals surface area contributed by atoms with Crippen LogP contribution in [0.1, 0.15) is 26.5 Å². The molecule has 0 saturated heterocycles. The van der Waals surface area contributed by atoms with Crippen LogP contribution in [0.5, 0.6) is 0 Å². The largest absolute Gasteiger partial charge is 0.459 e. The van der Waals surface area contributed by atoms with Crippen molar-refractivity contribution in [1.82, 2.24) is 4.98 Å². The molecule has 0 aliphatic rings. The Bertz CT molecular complexity index is 851. The molecule has 5 heteroatoms. The number of nitrogens with one attached hydrogen (secondary N) is 1. The average Bonchev–Trinajstić information content (AvgIpc) is 3.16. The van der Waals surface area contributed by atoms with E-state index in [-0.39, 0.29) is 17.5 Å². The number of hydrogen-bond donors (Lipinski definition) is 1. The third-order valence-corrected chi connectivity index (χ3v) is 3.28. The summed E-state index contributed by atoms with van der Waals surface area (Å²) in [6, 6.07) is 13.6. The van der Waals surface area contributed by atoms with Crippen LogP contribution in [0.2, 0.25) is 0 Å². The van der Waals surface area contributed by atoms with Gasteiger partial charge in [-0.3, -0.25) is 14.6 Å². The predicted octanol–water partition coefficient (Wildman–Crippen LogP) is 3.82. The van der Waals surface area contributed by atoms with Gasteiger partial charge in [-0.1, -0.05) is 6.07 Å². The van der Waals surface area contributed by atoms with E-state index in [2.05, 4.69) is 10.3 Å². The van der Waals surface area contributed by atoms with Gasteiger partial charge < -0.3 is 9.73 Å². The topological polar surface area (TPSA) is 72.2 Å². The number of amides is 1. The normalized spacial score (nSPS) is 10.7. The van der Waals surface area contributed by atoms with E-state index in [4.69, 9.17) is 4.42 Å². The molecule has 0 spiro atoms. The number of benzene rings is 1. The first-order chi connectivity index (χ1) is 11.7. The minimum Gasteiger partial charge on any atom is -0.459 e. The van der Waals surface area contributed by atoms with Gasteiger partial charge in [-0.15, -0.1) is 0 Å². The second-order valence-electron chi connectivity index (χ2n) is 4.99. The van der Waals surface area contributed by atoms with Gasteiger partial charge in [0.2, 0.25) is 0 Å². The van der Waals surface area contributed by atoms with E-state index in [1.807, 2.05) is 6.07 Å². The zero-order chi connectivity index (χ0) is 16.8. The van der Waals surface area contributed by atoms with Crippen LogP contribution >= 0.6 is 0 Å². The fourth-order valence-electron chi connectivity index (χ4n) is 2.06. The lowest BCUT2D eigenvalue weighted by Gasteiger charge is -2.03. The van der Waals surface area contributed by atoms with Crippen molar-refractivity contribution in [1.29, 1.82) is 0 Å². The Balaban J connectivity index is 1.64. The molecule has 24 heavy (non-hydrogen) atoms. The highest BCUT2D eigenvalue weighted by atomic mass is 16.3. The van der Waals surface area contributed by atoms with Gasteiger partial charge >= 0.3 is 0 Å². The summed E-state index contributed by atoms with van der Waals surface area (Å²) in [5.41, 5.74) is 1.98. The molecule has 0 atom stereocenters. The van der Waals surface area contributed by atoms with Crippen LogP contribution in [0.3, 0.4) is 0 Å². The Morgan fingerprint density at radius 1 is 1.04 bits per heavy atom. The van der Waals surface area contributed by atoms with Crippen molar-refractivity contribution in [3.63, 3.8) is 0 Å². The van der Waals surface area contributed by atoms with E-state index in [0.29, 0.717) is 11.3 Å². The van der Waals surface area contributed by atoms with Gasteiger partial charge in [-0.2, -0.15) is 0 Å². The molecule has 0 saturated carbocycles. The summed E-state index contributed by atoms with van der Waals surface area (Å²) in [6.45, 7) is 0. The standard InChI is InChI=1S/C19H14N2O3/c22-17(10-5-14-3-1-11-20-13-14)15-6-8-16(9-7-15)21-19(23)18-4-2-12-24-18/h1-13H,(H,21,23)/b10-5+. The summed E-state index contributed by atoms with van der Waals surface area (Å²) < 4.78 is 5.02. The van der Waals surface area contributed by atoms with Crippen molar-refractivity contribution >= 4 is 23.5 Å². The smallest absolute Gasteiger partial charge is 0.291 e. The van der Waals surface area contributed by atoms with Crippen LogP contribution in [-0.2, 0) is 0 Å². The molecule has 5 nitrogen and oxygen atoms in total. The molecule has 0 fully saturated rings. The molecule has 1 amide bonds. The second-order valence-corrected chi connectivity index (χ2v) is 4.99. The van der Waals surface area contributed by atoms with Crippen molar-refractivity contribution in [2.24, 2.45) is 0 Å². The van der Waals surface area contributed by atoms with Crippen LogP contribution in [0.15, 0.2) is 77.7 Å². The summed E-state index contributed by atoms with van der Waals surface area (Å²) in [6.07, 6.45) is 7.99. The quantitative estimate of drug-likeness (QED) is 0.573. The van der Waals surface area contributed by atoms with Crippen molar-refractivity contribution in [3.05, 3.63) is 90.2 Å². The van der Waals surface area contributed by atoms with Crippen LogP contribution in [-0.4, -0.2) is 16.7 Å². The van der Waals surface area contributed by atoms with Gasteiger partial charge in [0.25, 0.3) is 5.91 Å². The molecule has 2 aromatic heterocycles. The summed E-state index contributed by atoms with van der Waals surface area (Å²) in [5, 5.41) is 2.70. The number of hydrogen-bond acceptors (Lipinski definition) is 4. The average molecular weight is 318 g/mol. The Kier molecular flexibility index (Phi) is 4.62. The number of aromatic nitrogens is 1. The van der Waals surface area contributed by atoms with Gasteiger partial charge in [0, 0.05) is 23.6 Å². The lowest BCUT2D eigenvalue weighted by Crippen LogP contribution is -2.10. The molecule has 0 aliphatic carbocycles. The number of carbonyl (C=O) groups excluding carboxylic acids is 2. The molecule has 1 aromatic carbocycles. The van der Waals surface area contributed by atoms with Gasteiger partial charge in [0.1, 0.15) is 0 Å². The van der Waals surface area contributed by atoms with E-state index in [9.17, 15) is 9.59 Å². The van der Waals surface area contributed by atoms with E-state index in [0.717, 1.165) is 5.56 Å². The van der Waals surface area contributed by atoms with Crippen molar-refractivity contribution in [2.75, 3.05) is 5.32 Å². The lowest BCUT2D eigenvalue weighted by molar-refractivity contribution is 0.0996. The summed E-state index contributed by atoms with van der Waals surface area (Å²) in [4.78, 5) is 28.0.